The number of anilines is 1. The van der Waals surface area contributed by atoms with Gasteiger partial charge in [-0.1, -0.05) is 18.9 Å². The van der Waals surface area contributed by atoms with Crippen molar-refractivity contribution >= 4 is 11.7 Å². The highest BCUT2D eigenvalue weighted by atomic mass is 16.5. The smallest absolute Gasteiger partial charge is 0.256 e. The fraction of sp³-hybridized carbons (Fsp3) is 0.400. The van der Waals surface area contributed by atoms with E-state index in [1.165, 1.54) is 12.8 Å². The van der Waals surface area contributed by atoms with E-state index in [0.717, 1.165) is 24.1 Å². The normalized spacial score (nSPS) is 16.3. The second kappa shape index (κ2) is 7.23. The van der Waals surface area contributed by atoms with Crippen molar-refractivity contribution in [3.63, 3.8) is 0 Å². The maximum Gasteiger partial charge on any atom is 0.256 e. The van der Waals surface area contributed by atoms with Crippen LogP contribution < -0.4 is 10.1 Å². The molecule has 0 radical (unpaired) electrons. The third kappa shape index (κ3) is 3.31. The summed E-state index contributed by atoms with van der Waals surface area (Å²) in [6.45, 7) is 0.969. The third-order valence-corrected chi connectivity index (χ3v) is 5.23. The zero-order chi connectivity index (χ0) is 18.8. The van der Waals surface area contributed by atoms with Crippen LogP contribution in [-0.4, -0.2) is 33.9 Å². The number of aromatic nitrogens is 2. The van der Waals surface area contributed by atoms with Crippen molar-refractivity contribution in [2.45, 2.75) is 44.8 Å². The molecule has 2 aromatic rings. The summed E-state index contributed by atoms with van der Waals surface area (Å²) in [6.07, 6.45) is 4.52. The molecular weight excluding hydrogens is 342 g/mol. The minimum atomic E-state index is 0.0675. The SMILES string of the molecule is COc1nc2c(cc1CNc1cccc(C#N)n1)C(=O)N(C1CCCC1)C2. The van der Waals surface area contributed by atoms with Crippen LogP contribution in [0.25, 0.3) is 0 Å². The van der Waals surface area contributed by atoms with Gasteiger partial charge in [-0.05, 0) is 31.0 Å². The van der Waals surface area contributed by atoms with E-state index < -0.39 is 0 Å². The van der Waals surface area contributed by atoms with Crippen molar-refractivity contribution in [3.05, 3.63) is 46.8 Å². The number of ether oxygens (including phenoxy) is 1. The Morgan fingerprint density at radius 1 is 1.33 bits per heavy atom. The predicted molar refractivity (Wildman–Crippen MR) is 99.2 cm³/mol. The fourth-order valence-electron chi connectivity index (χ4n) is 3.86. The molecule has 3 heterocycles. The van der Waals surface area contributed by atoms with Gasteiger partial charge in [-0.3, -0.25) is 4.79 Å². The van der Waals surface area contributed by atoms with Gasteiger partial charge in [0, 0.05) is 18.2 Å². The minimum Gasteiger partial charge on any atom is -0.481 e. The Bertz CT molecular complexity index is 915. The Hall–Kier alpha value is -3.14. The molecule has 0 atom stereocenters. The fourth-order valence-corrected chi connectivity index (χ4v) is 3.86. The van der Waals surface area contributed by atoms with Crippen LogP contribution in [0, 0.1) is 11.3 Å². The Morgan fingerprint density at radius 2 is 2.15 bits per heavy atom. The van der Waals surface area contributed by atoms with E-state index in [0.29, 0.717) is 42.1 Å². The molecule has 27 heavy (non-hydrogen) atoms. The van der Waals surface area contributed by atoms with Crippen molar-refractivity contribution < 1.29 is 9.53 Å². The molecule has 0 spiro atoms. The Labute approximate surface area is 158 Å². The lowest BCUT2D eigenvalue weighted by Gasteiger charge is -2.22. The van der Waals surface area contributed by atoms with Crippen LogP contribution in [0.3, 0.4) is 0 Å². The van der Waals surface area contributed by atoms with Crippen molar-refractivity contribution in [1.82, 2.24) is 14.9 Å². The van der Waals surface area contributed by atoms with E-state index in [4.69, 9.17) is 10.00 Å². The second-order valence-corrected chi connectivity index (χ2v) is 6.90. The van der Waals surface area contributed by atoms with Crippen molar-refractivity contribution in [3.8, 4) is 11.9 Å². The van der Waals surface area contributed by atoms with Crippen molar-refractivity contribution in [2.75, 3.05) is 12.4 Å². The summed E-state index contributed by atoms with van der Waals surface area (Å²) in [5, 5.41) is 12.1. The van der Waals surface area contributed by atoms with Crippen LogP contribution in [0.15, 0.2) is 24.3 Å². The first-order valence-electron chi connectivity index (χ1n) is 9.18. The molecule has 1 amide bonds. The summed E-state index contributed by atoms with van der Waals surface area (Å²) in [5.74, 6) is 1.17. The summed E-state index contributed by atoms with van der Waals surface area (Å²) in [4.78, 5) is 23.6. The van der Waals surface area contributed by atoms with E-state index in [9.17, 15) is 4.79 Å². The summed E-state index contributed by atoms with van der Waals surface area (Å²) in [7, 11) is 1.58. The van der Waals surface area contributed by atoms with Gasteiger partial charge in [0.1, 0.15) is 17.6 Å². The molecule has 0 aromatic carbocycles. The number of pyridine rings is 2. The van der Waals surface area contributed by atoms with Gasteiger partial charge in [-0.2, -0.15) is 5.26 Å². The van der Waals surface area contributed by atoms with Gasteiger partial charge >= 0.3 is 0 Å². The van der Waals surface area contributed by atoms with Crippen molar-refractivity contribution in [1.29, 1.82) is 5.26 Å². The van der Waals surface area contributed by atoms with E-state index in [1.807, 2.05) is 17.0 Å². The lowest BCUT2D eigenvalue weighted by atomic mass is 10.1. The highest BCUT2D eigenvalue weighted by molar-refractivity contribution is 5.98. The molecule has 7 heteroatoms. The summed E-state index contributed by atoms with van der Waals surface area (Å²) in [5.41, 5.74) is 2.60. The minimum absolute atomic E-state index is 0.0675. The maximum absolute atomic E-state index is 12.9. The van der Waals surface area contributed by atoms with Crippen molar-refractivity contribution in [2.24, 2.45) is 0 Å². The Kier molecular flexibility index (Phi) is 4.63. The molecule has 1 saturated carbocycles. The van der Waals surface area contributed by atoms with Crippen LogP contribution >= 0.6 is 0 Å². The zero-order valence-corrected chi connectivity index (χ0v) is 15.2. The standard InChI is InChI=1S/C20H21N5O2/c1-27-19-13(11-22-18-8-4-5-14(10-21)23-18)9-16-17(24-19)12-25(20(16)26)15-6-2-3-7-15/h4-5,8-9,15H,2-3,6-7,11-12H2,1H3,(H,22,23). The average molecular weight is 363 g/mol. The molecule has 1 fully saturated rings. The monoisotopic (exact) mass is 363 g/mol. The maximum atomic E-state index is 12.9. The van der Waals surface area contributed by atoms with Crippen LogP contribution in [0.5, 0.6) is 5.88 Å². The van der Waals surface area contributed by atoms with E-state index in [2.05, 4.69) is 15.3 Å². The van der Waals surface area contributed by atoms with Gasteiger partial charge in [0.05, 0.1) is 24.9 Å². The number of methoxy groups -OCH3 is 1. The largest absolute Gasteiger partial charge is 0.481 e. The van der Waals surface area contributed by atoms with Gasteiger partial charge in [0.25, 0.3) is 5.91 Å². The number of carbonyl (C=O) groups excluding carboxylic acids is 1. The van der Waals surface area contributed by atoms with Gasteiger partial charge in [0.15, 0.2) is 0 Å². The molecule has 2 aromatic heterocycles. The first-order chi connectivity index (χ1) is 13.2. The van der Waals surface area contributed by atoms with E-state index >= 15 is 0 Å². The molecule has 0 saturated heterocycles. The topological polar surface area (TPSA) is 91.1 Å². The Balaban J connectivity index is 1.56. The molecule has 7 nitrogen and oxygen atoms in total. The summed E-state index contributed by atoms with van der Waals surface area (Å²) >= 11 is 0. The van der Waals surface area contributed by atoms with E-state index in [-0.39, 0.29) is 5.91 Å². The molecule has 0 unspecified atom stereocenters. The number of rotatable bonds is 5. The molecular formula is C20H21N5O2. The highest BCUT2D eigenvalue weighted by Crippen LogP contribution is 2.33. The number of amides is 1. The summed E-state index contributed by atoms with van der Waals surface area (Å²) in [6, 6.07) is 9.44. The molecule has 0 bridgehead atoms. The molecule has 1 N–H and O–H groups in total. The number of nitriles is 1. The van der Waals surface area contributed by atoms with Crippen LogP contribution in [-0.2, 0) is 13.1 Å². The first-order valence-corrected chi connectivity index (χ1v) is 9.18. The van der Waals surface area contributed by atoms with Crippen LogP contribution in [0.4, 0.5) is 5.82 Å². The molecule has 2 aliphatic rings. The van der Waals surface area contributed by atoms with E-state index in [1.54, 1.807) is 25.3 Å². The van der Waals surface area contributed by atoms with Crippen LogP contribution in [0.1, 0.15) is 53.0 Å². The lowest BCUT2D eigenvalue weighted by molar-refractivity contribution is 0.0706. The second-order valence-electron chi connectivity index (χ2n) is 6.90. The van der Waals surface area contributed by atoms with Crippen LogP contribution in [0.2, 0.25) is 0 Å². The number of hydrogen-bond donors (Lipinski definition) is 1. The predicted octanol–water partition coefficient (Wildman–Crippen LogP) is 2.87. The zero-order valence-electron chi connectivity index (χ0n) is 15.2. The number of hydrogen-bond acceptors (Lipinski definition) is 6. The molecule has 1 aliphatic heterocycles. The highest BCUT2D eigenvalue weighted by Gasteiger charge is 2.35. The number of fused-ring (bicyclic) bond motifs is 1. The molecule has 4 rings (SSSR count). The number of nitrogens with one attached hydrogen (secondary N) is 1. The summed E-state index contributed by atoms with van der Waals surface area (Å²) < 4.78 is 5.45. The quantitative estimate of drug-likeness (QED) is 0.878. The molecule has 138 valence electrons. The average Bonchev–Trinajstić information content (AvgIpc) is 3.34. The van der Waals surface area contributed by atoms with Gasteiger partial charge in [0.2, 0.25) is 5.88 Å². The Morgan fingerprint density at radius 3 is 2.89 bits per heavy atom. The third-order valence-electron chi connectivity index (χ3n) is 5.23. The first kappa shape index (κ1) is 17.3. The number of nitrogens with zero attached hydrogens (tertiary/aromatic N) is 4. The lowest BCUT2D eigenvalue weighted by Crippen LogP contribution is -2.33. The molecule has 1 aliphatic carbocycles. The van der Waals surface area contributed by atoms with Gasteiger partial charge in [-0.15, -0.1) is 0 Å². The number of carbonyl (C=O) groups is 1. The van der Waals surface area contributed by atoms with Gasteiger partial charge in [-0.25, -0.2) is 9.97 Å². The van der Waals surface area contributed by atoms with Gasteiger partial charge < -0.3 is 15.0 Å².